The van der Waals surface area contributed by atoms with Crippen molar-refractivity contribution >= 4 is 5.97 Å². The molecular formula is C13H16O3. The summed E-state index contributed by atoms with van der Waals surface area (Å²) in [6.07, 6.45) is 2.15. The number of esters is 1. The van der Waals surface area contributed by atoms with Crippen LogP contribution in [-0.2, 0) is 16.0 Å². The molecule has 0 saturated carbocycles. The first-order valence-electron chi connectivity index (χ1n) is 5.52. The maximum atomic E-state index is 11.2. The Hall–Kier alpha value is -1.51. The van der Waals surface area contributed by atoms with Gasteiger partial charge >= 0.3 is 5.97 Å². The third-order valence-electron chi connectivity index (χ3n) is 2.87. The summed E-state index contributed by atoms with van der Waals surface area (Å²) in [6.45, 7) is 2.04. The number of rotatable bonds is 2. The Morgan fingerprint density at radius 3 is 3.12 bits per heavy atom. The van der Waals surface area contributed by atoms with E-state index < -0.39 is 0 Å². The molecule has 0 fully saturated rings. The number of ether oxygens (including phenoxy) is 2. The van der Waals surface area contributed by atoms with Gasteiger partial charge in [-0.15, -0.1) is 0 Å². The van der Waals surface area contributed by atoms with E-state index in [0.29, 0.717) is 6.42 Å². The van der Waals surface area contributed by atoms with Crippen molar-refractivity contribution in [2.75, 3.05) is 7.11 Å². The van der Waals surface area contributed by atoms with Crippen LogP contribution in [-0.4, -0.2) is 19.2 Å². The molecule has 1 atom stereocenters. The van der Waals surface area contributed by atoms with E-state index in [1.165, 1.54) is 18.2 Å². The predicted molar refractivity (Wildman–Crippen MR) is 60.5 cm³/mol. The number of fused-ring (bicyclic) bond motifs is 1. The van der Waals surface area contributed by atoms with Crippen molar-refractivity contribution in [3.05, 3.63) is 29.3 Å². The molecule has 0 spiro atoms. The summed E-state index contributed by atoms with van der Waals surface area (Å²) in [5.41, 5.74) is 2.41. The van der Waals surface area contributed by atoms with Crippen molar-refractivity contribution in [1.82, 2.24) is 0 Å². The molecule has 0 N–H and O–H groups in total. The van der Waals surface area contributed by atoms with Gasteiger partial charge < -0.3 is 9.47 Å². The summed E-state index contributed by atoms with van der Waals surface area (Å²) in [6, 6.07) is 6.21. The average molecular weight is 220 g/mol. The lowest BCUT2D eigenvalue weighted by molar-refractivity contribution is -0.142. The molecule has 0 bridgehead atoms. The lowest BCUT2D eigenvalue weighted by Crippen LogP contribution is -2.26. The second kappa shape index (κ2) is 4.56. The standard InChI is InChI=1S/C13H16O3/c1-9-3-4-10-5-6-11(8-13(14)15-2)16-12(10)7-9/h3-4,7,11H,5-6,8H2,1-2H3. The minimum atomic E-state index is -0.207. The van der Waals surface area contributed by atoms with Crippen molar-refractivity contribution in [1.29, 1.82) is 0 Å². The van der Waals surface area contributed by atoms with E-state index >= 15 is 0 Å². The van der Waals surface area contributed by atoms with Gasteiger partial charge in [0.1, 0.15) is 11.9 Å². The van der Waals surface area contributed by atoms with Crippen LogP contribution in [0, 0.1) is 6.92 Å². The van der Waals surface area contributed by atoms with Crippen molar-refractivity contribution < 1.29 is 14.3 Å². The van der Waals surface area contributed by atoms with E-state index in [4.69, 9.17) is 4.74 Å². The topological polar surface area (TPSA) is 35.5 Å². The minimum absolute atomic E-state index is 0.0400. The Balaban J connectivity index is 2.08. The first kappa shape index (κ1) is 11.0. The average Bonchev–Trinajstić information content (AvgIpc) is 2.28. The lowest BCUT2D eigenvalue weighted by atomic mass is 9.99. The normalized spacial score (nSPS) is 18.5. The molecule has 1 aliphatic rings. The van der Waals surface area contributed by atoms with Crippen molar-refractivity contribution in [3.8, 4) is 5.75 Å². The van der Waals surface area contributed by atoms with Crippen molar-refractivity contribution in [2.45, 2.75) is 32.3 Å². The number of methoxy groups -OCH3 is 1. The molecule has 0 aromatic heterocycles. The molecule has 3 heteroatoms. The Morgan fingerprint density at radius 1 is 1.56 bits per heavy atom. The number of carbonyl (C=O) groups is 1. The molecular weight excluding hydrogens is 204 g/mol. The van der Waals surface area contributed by atoms with Crippen LogP contribution in [0.3, 0.4) is 0 Å². The largest absolute Gasteiger partial charge is 0.490 e. The Morgan fingerprint density at radius 2 is 2.38 bits per heavy atom. The highest BCUT2D eigenvalue weighted by Crippen LogP contribution is 2.29. The molecule has 2 rings (SSSR count). The summed E-state index contributed by atoms with van der Waals surface area (Å²) in [5.74, 6) is 0.709. The molecule has 1 unspecified atom stereocenters. The van der Waals surface area contributed by atoms with Gasteiger partial charge in [-0.1, -0.05) is 12.1 Å². The summed E-state index contributed by atoms with van der Waals surface area (Å²) < 4.78 is 10.4. The molecule has 86 valence electrons. The zero-order chi connectivity index (χ0) is 11.5. The molecule has 1 aromatic carbocycles. The van der Waals surface area contributed by atoms with E-state index in [9.17, 15) is 4.79 Å². The predicted octanol–water partition coefficient (Wildman–Crippen LogP) is 2.25. The van der Waals surface area contributed by atoms with E-state index in [1.807, 2.05) is 13.0 Å². The maximum absolute atomic E-state index is 11.2. The smallest absolute Gasteiger partial charge is 0.309 e. The first-order chi connectivity index (χ1) is 7.69. The highest BCUT2D eigenvalue weighted by atomic mass is 16.5. The number of aryl methyl sites for hydroxylation is 2. The van der Waals surface area contributed by atoms with Gasteiger partial charge in [0.25, 0.3) is 0 Å². The van der Waals surface area contributed by atoms with Gasteiger partial charge in [-0.05, 0) is 37.0 Å². The van der Waals surface area contributed by atoms with Gasteiger partial charge in [0.2, 0.25) is 0 Å². The second-order valence-corrected chi connectivity index (χ2v) is 4.17. The van der Waals surface area contributed by atoms with Crippen LogP contribution in [0.25, 0.3) is 0 Å². The number of hydrogen-bond donors (Lipinski definition) is 0. The van der Waals surface area contributed by atoms with Gasteiger partial charge in [-0.3, -0.25) is 4.79 Å². The lowest BCUT2D eigenvalue weighted by Gasteiger charge is -2.25. The number of carbonyl (C=O) groups excluding carboxylic acids is 1. The number of benzene rings is 1. The van der Waals surface area contributed by atoms with Crippen molar-refractivity contribution in [2.24, 2.45) is 0 Å². The SMILES string of the molecule is COC(=O)CC1CCc2ccc(C)cc2O1. The van der Waals surface area contributed by atoms with Crippen molar-refractivity contribution in [3.63, 3.8) is 0 Å². The number of hydrogen-bond acceptors (Lipinski definition) is 3. The van der Waals surface area contributed by atoms with Gasteiger partial charge in [0, 0.05) is 0 Å². The second-order valence-electron chi connectivity index (χ2n) is 4.17. The van der Waals surface area contributed by atoms with Crippen LogP contribution in [0.2, 0.25) is 0 Å². The fourth-order valence-corrected chi connectivity index (χ4v) is 1.95. The Kier molecular flexibility index (Phi) is 3.13. The van der Waals surface area contributed by atoms with E-state index in [1.54, 1.807) is 0 Å². The summed E-state index contributed by atoms with van der Waals surface area (Å²) in [5, 5.41) is 0. The molecule has 1 aliphatic heterocycles. The van der Waals surface area contributed by atoms with E-state index in [-0.39, 0.29) is 12.1 Å². The molecule has 0 saturated heterocycles. The zero-order valence-electron chi connectivity index (χ0n) is 9.66. The fraction of sp³-hybridized carbons (Fsp3) is 0.462. The van der Waals surface area contributed by atoms with E-state index in [0.717, 1.165) is 18.6 Å². The first-order valence-corrected chi connectivity index (χ1v) is 5.52. The van der Waals surface area contributed by atoms with Gasteiger partial charge in [0.15, 0.2) is 0 Å². The van der Waals surface area contributed by atoms with Crippen LogP contribution < -0.4 is 4.74 Å². The summed E-state index contributed by atoms with van der Waals surface area (Å²) >= 11 is 0. The monoisotopic (exact) mass is 220 g/mol. The Bertz CT molecular complexity index is 398. The maximum Gasteiger partial charge on any atom is 0.309 e. The van der Waals surface area contributed by atoms with Crippen LogP contribution in [0.4, 0.5) is 0 Å². The summed E-state index contributed by atoms with van der Waals surface area (Å²) in [4.78, 5) is 11.2. The molecule has 0 amide bonds. The highest BCUT2D eigenvalue weighted by Gasteiger charge is 2.22. The van der Waals surface area contributed by atoms with Gasteiger partial charge in [-0.2, -0.15) is 0 Å². The van der Waals surface area contributed by atoms with Gasteiger partial charge in [0.05, 0.1) is 13.5 Å². The fourth-order valence-electron chi connectivity index (χ4n) is 1.95. The molecule has 1 aromatic rings. The Labute approximate surface area is 95.4 Å². The molecule has 16 heavy (non-hydrogen) atoms. The third kappa shape index (κ3) is 2.35. The highest BCUT2D eigenvalue weighted by molar-refractivity contribution is 5.69. The molecule has 1 heterocycles. The van der Waals surface area contributed by atoms with Crippen LogP contribution in [0.1, 0.15) is 24.0 Å². The molecule has 0 aliphatic carbocycles. The van der Waals surface area contributed by atoms with Gasteiger partial charge in [-0.25, -0.2) is 0 Å². The quantitative estimate of drug-likeness (QED) is 0.717. The molecule has 0 radical (unpaired) electrons. The minimum Gasteiger partial charge on any atom is -0.490 e. The summed E-state index contributed by atoms with van der Waals surface area (Å²) in [7, 11) is 1.41. The molecule has 3 nitrogen and oxygen atoms in total. The van der Waals surface area contributed by atoms with E-state index in [2.05, 4.69) is 16.9 Å². The van der Waals surface area contributed by atoms with Crippen LogP contribution in [0.5, 0.6) is 5.75 Å². The van der Waals surface area contributed by atoms with Crippen LogP contribution in [0.15, 0.2) is 18.2 Å². The zero-order valence-corrected chi connectivity index (χ0v) is 9.66. The van der Waals surface area contributed by atoms with Crippen LogP contribution >= 0.6 is 0 Å². The third-order valence-corrected chi connectivity index (χ3v) is 2.87.